The lowest BCUT2D eigenvalue weighted by Gasteiger charge is -2.31. The summed E-state index contributed by atoms with van der Waals surface area (Å²) in [6.45, 7) is 8.15. The molecule has 0 aliphatic heterocycles. The summed E-state index contributed by atoms with van der Waals surface area (Å²) >= 11 is 0. The fraction of sp³-hybridized carbons (Fsp3) is 0.889. The van der Waals surface area contributed by atoms with Crippen LogP contribution in [0.15, 0.2) is 0 Å². The molecule has 0 atom stereocenters. The van der Waals surface area contributed by atoms with Gasteiger partial charge in [-0.25, -0.2) is 0 Å². The van der Waals surface area contributed by atoms with Gasteiger partial charge in [0, 0.05) is 19.0 Å². The molecule has 0 aliphatic carbocycles. The number of nitrogens with zero attached hydrogens (tertiary/aromatic N) is 1. The highest BCUT2D eigenvalue weighted by Crippen LogP contribution is 2.11. The molecule has 0 radical (unpaired) electrons. The monoisotopic (exact) mass is 157 g/mol. The van der Waals surface area contributed by atoms with Crippen LogP contribution < -0.4 is 0 Å². The molecule has 0 rings (SSSR count). The summed E-state index contributed by atoms with van der Waals surface area (Å²) in [5.74, 6) is 0.236. The summed E-state index contributed by atoms with van der Waals surface area (Å²) in [6, 6.07) is 0. The lowest BCUT2D eigenvalue weighted by Crippen LogP contribution is -2.42. The van der Waals surface area contributed by atoms with Gasteiger partial charge >= 0.3 is 0 Å². The Labute approximate surface area is 69.6 Å². The third kappa shape index (κ3) is 3.40. The van der Waals surface area contributed by atoms with Crippen LogP contribution in [-0.4, -0.2) is 23.4 Å². The van der Waals surface area contributed by atoms with Crippen molar-refractivity contribution >= 4 is 5.91 Å². The van der Waals surface area contributed by atoms with Crippen molar-refractivity contribution in [2.45, 2.75) is 46.1 Å². The quantitative estimate of drug-likeness (QED) is 0.600. The molecule has 0 aromatic rings. The molecule has 0 N–H and O–H groups in total. The van der Waals surface area contributed by atoms with E-state index < -0.39 is 0 Å². The summed E-state index contributed by atoms with van der Waals surface area (Å²) < 4.78 is 0. The minimum Gasteiger partial charge on any atom is -0.341 e. The summed E-state index contributed by atoms with van der Waals surface area (Å²) in [4.78, 5) is 13.1. The van der Waals surface area contributed by atoms with Crippen LogP contribution in [0.1, 0.15) is 40.5 Å². The Morgan fingerprint density at radius 1 is 1.36 bits per heavy atom. The van der Waals surface area contributed by atoms with Gasteiger partial charge in [0.1, 0.15) is 0 Å². The molecule has 0 saturated carbocycles. The molecule has 0 aromatic heterocycles. The topological polar surface area (TPSA) is 20.3 Å². The fourth-order valence-electron chi connectivity index (χ4n) is 0.756. The second-order valence-electron chi connectivity index (χ2n) is 3.87. The third-order valence-electron chi connectivity index (χ3n) is 1.84. The number of amides is 1. The van der Waals surface area contributed by atoms with Gasteiger partial charge in [-0.2, -0.15) is 0 Å². The molecule has 0 saturated heterocycles. The molecule has 0 aliphatic rings. The van der Waals surface area contributed by atoms with E-state index in [0.717, 1.165) is 6.42 Å². The molecule has 0 spiro atoms. The number of carbonyl (C=O) groups is 1. The molecule has 66 valence electrons. The number of carbonyl (C=O) groups excluding carboxylic acids is 1. The minimum absolute atomic E-state index is 0.0355. The highest BCUT2D eigenvalue weighted by Gasteiger charge is 2.20. The lowest BCUT2D eigenvalue weighted by atomic mass is 10.1. The predicted octanol–water partition coefficient (Wildman–Crippen LogP) is 2.04. The van der Waals surface area contributed by atoms with Crippen LogP contribution in [0, 0.1) is 0 Å². The van der Waals surface area contributed by atoms with Crippen molar-refractivity contribution in [1.82, 2.24) is 4.90 Å². The third-order valence-corrected chi connectivity index (χ3v) is 1.84. The Kier molecular flexibility index (Phi) is 3.56. The number of hydrogen-bond acceptors (Lipinski definition) is 1. The van der Waals surface area contributed by atoms with E-state index in [1.807, 2.05) is 34.7 Å². The van der Waals surface area contributed by atoms with Crippen LogP contribution in [0.25, 0.3) is 0 Å². The van der Waals surface area contributed by atoms with E-state index in [1.165, 1.54) is 0 Å². The number of rotatable bonds is 2. The maximum absolute atomic E-state index is 11.3. The molecule has 0 aromatic carbocycles. The van der Waals surface area contributed by atoms with Gasteiger partial charge in [0.25, 0.3) is 0 Å². The maximum Gasteiger partial charge on any atom is 0.222 e. The molecular formula is C9H19NO. The second-order valence-corrected chi connectivity index (χ2v) is 3.87. The Balaban J connectivity index is 4.03. The Bertz CT molecular complexity index is 135. The van der Waals surface area contributed by atoms with Crippen LogP contribution in [0.3, 0.4) is 0 Å². The van der Waals surface area contributed by atoms with Gasteiger partial charge in [-0.05, 0) is 27.2 Å². The van der Waals surface area contributed by atoms with E-state index in [1.54, 1.807) is 4.90 Å². The summed E-state index contributed by atoms with van der Waals surface area (Å²) in [5, 5.41) is 0. The fourth-order valence-corrected chi connectivity index (χ4v) is 0.756. The Morgan fingerprint density at radius 3 is 2.09 bits per heavy atom. The van der Waals surface area contributed by atoms with Gasteiger partial charge < -0.3 is 4.90 Å². The lowest BCUT2D eigenvalue weighted by molar-refractivity contribution is -0.134. The van der Waals surface area contributed by atoms with Gasteiger partial charge in [-0.3, -0.25) is 4.79 Å². The summed E-state index contributed by atoms with van der Waals surface area (Å²) in [5.41, 5.74) is -0.0355. The van der Waals surface area contributed by atoms with Gasteiger partial charge in [0.05, 0.1) is 0 Å². The van der Waals surface area contributed by atoms with Crippen molar-refractivity contribution in [1.29, 1.82) is 0 Å². The SMILES string of the molecule is CCCC(=O)N(C)C(C)(C)C. The molecule has 0 heterocycles. The molecule has 2 heteroatoms. The van der Waals surface area contributed by atoms with Crippen LogP contribution >= 0.6 is 0 Å². The summed E-state index contributed by atoms with van der Waals surface area (Å²) in [7, 11) is 1.86. The van der Waals surface area contributed by atoms with E-state index in [0.29, 0.717) is 6.42 Å². The Hall–Kier alpha value is -0.530. The molecule has 0 unspecified atom stereocenters. The van der Waals surface area contributed by atoms with Crippen molar-refractivity contribution in [3.05, 3.63) is 0 Å². The van der Waals surface area contributed by atoms with Gasteiger partial charge in [-0.15, -0.1) is 0 Å². The molecule has 0 bridgehead atoms. The van der Waals surface area contributed by atoms with Gasteiger partial charge in [0.15, 0.2) is 0 Å². The average molecular weight is 157 g/mol. The Morgan fingerprint density at radius 2 is 1.82 bits per heavy atom. The van der Waals surface area contributed by atoms with Crippen molar-refractivity contribution in [2.75, 3.05) is 7.05 Å². The van der Waals surface area contributed by atoms with Gasteiger partial charge in [0.2, 0.25) is 5.91 Å². The molecule has 11 heavy (non-hydrogen) atoms. The predicted molar refractivity (Wildman–Crippen MR) is 47.4 cm³/mol. The van der Waals surface area contributed by atoms with Crippen molar-refractivity contribution in [3.8, 4) is 0 Å². The molecule has 1 amide bonds. The van der Waals surface area contributed by atoms with Crippen LogP contribution in [0.4, 0.5) is 0 Å². The van der Waals surface area contributed by atoms with Crippen molar-refractivity contribution in [2.24, 2.45) is 0 Å². The largest absolute Gasteiger partial charge is 0.341 e. The first kappa shape index (κ1) is 10.5. The number of hydrogen-bond donors (Lipinski definition) is 0. The zero-order valence-electron chi connectivity index (χ0n) is 8.27. The first-order valence-corrected chi connectivity index (χ1v) is 4.16. The van der Waals surface area contributed by atoms with Gasteiger partial charge in [-0.1, -0.05) is 6.92 Å². The maximum atomic E-state index is 11.3. The highest BCUT2D eigenvalue weighted by atomic mass is 16.2. The zero-order chi connectivity index (χ0) is 9.07. The van der Waals surface area contributed by atoms with E-state index in [4.69, 9.17) is 0 Å². The normalized spacial score (nSPS) is 11.4. The van der Waals surface area contributed by atoms with E-state index in [9.17, 15) is 4.79 Å². The molecular weight excluding hydrogens is 138 g/mol. The molecule has 2 nitrogen and oxygen atoms in total. The first-order chi connectivity index (χ1) is 4.89. The van der Waals surface area contributed by atoms with Crippen LogP contribution in [0.2, 0.25) is 0 Å². The average Bonchev–Trinajstić information content (AvgIpc) is 1.85. The molecule has 0 fully saturated rings. The van der Waals surface area contributed by atoms with Crippen LogP contribution in [0.5, 0.6) is 0 Å². The van der Waals surface area contributed by atoms with Crippen molar-refractivity contribution < 1.29 is 4.79 Å². The smallest absolute Gasteiger partial charge is 0.222 e. The van der Waals surface area contributed by atoms with Crippen LogP contribution in [-0.2, 0) is 4.79 Å². The second kappa shape index (κ2) is 3.74. The van der Waals surface area contributed by atoms with E-state index >= 15 is 0 Å². The minimum atomic E-state index is -0.0355. The first-order valence-electron chi connectivity index (χ1n) is 4.16. The van der Waals surface area contributed by atoms with E-state index in [2.05, 4.69) is 0 Å². The standard InChI is InChI=1S/C9H19NO/c1-6-7-8(11)10(5)9(2,3)4/h6-7H2,1-5H3. The van der Waals surface area contributed by atoms with Crippen molar-refractivity contribution in [3.63, 3.8) is 0 Å². The zero-order valence-corrected chi connectivity index (χ0v) is 8.27. The highest BCUT2D eigenvalue weighted by molar-refractivity contribution is 5.76. The van der Waals surface area contributed by atoms with E-state index in [-0.39, 0.29) is 11.4 Å². The summed E-state index contributed by atoms with van der Waals surface area (Å²) in [6.07, 6.45) is 1.59.